The van der Waals surface area contributed by atoms with Gasteiger partial charge in [0.1, 0.15) is 20.4 Å². The molecule has 11 heteroatoms. The number of sulfone groups is 1. The van der Waals surface area contributed by atoms with E-state index in [0.717, 1.165) is 6.26 Å². The molecule has 0 unspecified atom stereocenters. The highest BCUT2D eigenvalue weighted by Crippen LogP contribution is 2.25. The predicted octanol–water partition coefficient (Wildman–Crippen LogP) is -0.0640. The van der Waals surface area contributed by atoms with Gasteiger partial charge in [0.15, 0.2) is 0 Å². The Morgan fingerprint density at radius 3 is 2.37 bits per heavy atom. The number of carboxylic acids is 1. The molecule has 0 radical (unpaired) electrons. The summed E-state index contributed by atoms with van der Waals surface area (Å²) in [5, 5.41) is 8.80. The van der Waals surface area contributed by atoms with E-state index in [1.165, 1.54) is 6.92 Å². The van der Waals surface area contributed by atoms with E-state index in [1.807, 2.05) is 4.72 Å². The summed E-state index contributed by atoms with van der Waals surface area (Å²) in [4.78, 5) is 10.9. The molecule has 108 valence electrons. The van der Waals surface area contributed by atoms with Crippen molar-refractivity contribution in [3.8, 4) is 0 Å². The number of hydrogen-bond acceptors (Lipinski definition) is 7. The van der Waals surface area contributed by atoms with Gasteiger partial charge in [-0.3, -0.25) is 4.72 Å². The fourth-order valence-electron chi connectivity index (χ4n) is 1.14. The highest BCUT2D eigenvalue weighted by Gasteiger charge is 2.22. The van der Waals surface area contributed by atoms with Gasteiger partial charge in [0, 0.05) is 6.26 Å². The lowest BCUT2D eigenvalue weighted by atomic mass is 10.2. The van der Waals surface area contributed by atoms with E-state index in [4.69, 9.17) is 5.11 Å². The van der Waals surface area contributed by atoms with Crippen LogP contribution >= 0.6 is 11.5 Å². The second-order valence-electron chi connectivity index (χ2n) is 3.83. The molecule has 1 rings (SSSR count). The monoisotopic (exact) mass is 328 g/mol. The first-order valence-corrected chi connectivity index (χ1v) is 9.38. The molecule has 0 spiro atoms. The predicted molar refractivity (Wildman–Crippen MR) is 70.9 cm³/mol. The van der Waals surface area contributed by atoms with Crippen molar-refractivity contribution in [2.45, 2.75) is 6.92 Å². The van der Waals surface area contributed by atoms with E-state index in [2.05, 4.69) is 4.37 Å². The first-order valence-electron chi connectivity index (χ1n) is 4.89. The summed E-state index contributed by atoms with van der Waals surface area (Å²) in [5.41, 5.74) is -0.0359. The van der Waals surface area contributed by atoms with Crippen molar-refractivity contribution in [1.29, 1.82) is 0 Å². The van der Waals surface area contributed by atoms with Crippen LogP contribution in [0.1, 0.15) is 16.1 Å². The molecule has 0 aromatic carbocycles. The zero-order chi connectivity index (χ0) is 14.8. The molecular weight excluding hydrogens is 316 g/mol. The van der Waals surface area contributed by atoms with E-state index >= 15 is 0 Å². The van der Waals surface area contributed by atoms with Crippen LogP contribution in [0.3, 0.4) is 0 Å². The lowest BCUT2D eigenvalue weighted by Gasteiger charge is -2.06. The maximum atomic E-state index is 11.6. The molecule has 1 aromatic heterocycles. The number of nitrogens with one attached hydrogen (secondary N) is 1. The third-order valence-corrected chi connectivity index (χ3v) is 5.49. The molecule has 0 bridgehead atoms. The summed E-state index contributed by atoms with van der Waals surface area (Å²) < 4.78 is 50.9. The zero-order valence-electron chi connectivity index (χ0n) is 10.1. The van der Waals surface area contributed by atoms with Crippen molar-refractivity contribution < 1.29 is 26.7 Å². The molecule has 1 aromatic rings. The Kier molecular flexibility index (Phi) is 4.53. The third-order valence-electron chi connectivity index (χ3n) is 2.05. The summed E-state index contributed by atoms with van der Waals surface area (Å²) in [6.45, 7) is 1.44. The number of carboxylic acid groups (broad SMARTS) is 1. The smallest absolute Gasteiger partial charge is 0.340 e. The van der Waals surface area contributed by atoms with Crippen molar-refractivity contribution in [3.05, 3.63) is 11.3 Å². The van der Waals surface area contributed by atoms with Crippen LogP contribution in [0.15, 0.2) is 0 Å². The minimum Gasteiger partial charge on any atom is -0.478 e. The van der Waals surface area contributed by atoms with Gasteiger partial charge in [0.25, 0.3) is 0 Å². The maximum absolute atomic E-state index is 11.6. The zero-order valence-corrected chi connectivity index (χ0v) is 12.5. The first-order chi connectivity index (χ1) is 8.52. The Bertz CT molecular complexity index is 688. The van der Waals surface area contributed by atoms with Crippen molar-refractivity contribution in [2.75, 3.05) is 22.5 Å². The van der Waals surface area contributed by atoms with E-state index in [0.29, 0.717) is 11.5 Å². The van der Waals surface area contributed by atoms with E-state index in [-0.39, 0.29) is 16.3 Å². The standard InChI is InChI=1S/C8H12N2O6S3/c1-5-6(8(11)12)7(17-9-5)10-19(15,16)4-3-18(2,13)14/h10H,3-4H2,1-2H3,(H,11,12). The minimum absolute atomic E-state index is 0.126. The topological polar surface area (TPSA) is 130 Å². The van der Waals surface area contributed by atoms with E-state index < -0.39 is 37.3 Å². The number of anilines is 1. The van der Waals surface area contributed by atoms with Crippen LogP contribution in [0.25, 0.3) is 0 Å². The quantitative estimate of drug-likeness (QED) is 0.747. The van der Waals surface area contributed by atoms with Gasteiger partial charge in [0.05, 0.1) is 17.2 Å². The lowest BCUT2D eigenvalue weighted by molar-refractivity contribution is 0.0697. The minimum atomic E-state index is -3.93. The summed E-state index contributed by atoms with van der Waals surface area (Å²) in [5.74, 6) is -2.48. The number of carbonyl (C=O) groups is 1. The van der Waals surface area contributed by atoms with Gasteiger partial charge in [-0.1, -0.05) is 0 Å². The van der Waals surface area contributed by atoms with E-state index in [9.17, 15) is 21.6 Å². The number of aromatic carboxylic acids is 1. The normalized spacial score (nSPS) is 12.3. The Labute approximate surface area is 114 Å². The molecule has 0 saturated heterocycles. The number of hydrogen-bond donors (Lipinski definition) is 2. The molecule has 0 amide bonds. The van der Waals surface area contributed by atoms with E-state index in [1.54, 1.807) is 0 Å². The van der Waals surface area contributed by atoms with Gasteiger partial charge in [-0.2, -0.15) is 4.37 Å². The molecule has 0 fully saturated rings. The molecular formula is C8H12N2O6S3. The lowest BCUT2D eigenvalue weighted by Crippen LogP contribution is -2.22. The fraction of sp³-hybridized carbons (Fsp3) is 0.500. The van der Waals surface area contributed by atoms with Crippen molar-refractivity contribution in [2.24, 2.45) is 0 Å². The molecule has 0 aliphatic heterocycles. The van der Waals surface area contributed by atoms with Crippen LogP contribution in [0.5, 0.6) is 0 Å². The Morgan fingerprint density at radius 2 is 1.89 bits per heavy atom. The van der Waals surface area contributed by atoms with Crippen LogP contribution in [0.2, 0.25) is 0 Å². The summed E-state index contributed by atoms with van der Waals surface area (Å²) >= 11 is 0.694. The van der Waals surface area contributed by atoms with Crippen LogP contribution in [-0.2, 0) is 19.9 Å². The highest BCUT2D eigenvalue weighted by molar-refractivity contribution is 7.95. The SMILES string of the molecule is Cc1nsc(NS(=O)(=O)CCS(C)(=O)=O)c1C(=O)O. The Balaban J connectivity index is 2.94. The molecule has 0 aliphatic rings. The number of aryl methyl sites for hydroxylation is 1. The van der Waals surface area contributed by atoms with Gasteiger partial charge in [-0.05, 0) is 18.5 Å². The highest BCUT2D eigenvalue weighted by atomic mass is 32.2. The van der Waals surface area contributed by atoms with Crippen molar-refractivity contribution in [3.63, 3.8) is 0 Å². The largest absolute Gasteiger partial charge is 0.478 e. The average molecular weight is 328 g/mol. The molecule has 0 atom stereocenters. The third kappa shape index (κ3) is 4.76. The van der Waals surface area contributed by atoms with Gasteiger partial charge in [-0.15, -0.1) is 0 Å². The molecule has 19 heavy (non-hydrogen) atoms. The Morgan fingerprint density at radius 1 is 1.32 bits per heavy atom. The molecule has 2 N–H and O–H groups in total. The van der Waals surface area contributed by atoms with Crippen molar-refractivity contribution >= 4 is 42.4 Å². The fourth-order valence-corrected chi connectivity index (χ4v) is 4.90. The second-order valence-corrected chi connectivity index (χ2v) is 8.70. The summed E-state index contributed by atoms with van der Waals surface area (Å²) in [6, 6.07) is 0. The van der Waals surface area contributed by atoms with Gasteiger partial charge >= 0.3 is 5.97 Å². The molecule has 0 saturated carbocycles. The van der Waals surface area contributed by atoms with Gasteiger partial charge in [-0.25, -0.2) is 21.6 Å². The summed E-state index contributed by atoms with van der Waals surface area (Å²) in [7, 11) is -7.35. The number of rotatable bonds is 6. The van der Waals surface area contributed by atoms with Gasteiger partial charge in [0.2, 0.25) is 10.0 Å². The van der Waals surface area contributed by atoms with Crippen LogP contribution in [-0.4, -0.2) is 50.0 Å². The van der Waals surface area contributed by atoms with Crippen molar-refractivity contribution in [1.82, 2.24) is 4.37 Å². The molecule has 0 aliphatic carbocycles. The summed E-state index contributed by atoms with van der Waals surface area (Å²) in [6.07, 6.45) is 0.919. The number of sulfonamides is 1. The maximum Gasteiger partial charge on any atom is 0.340 e. The molecule has 8 nitrogen and oxygen atoms in total. The molecule has 1 heterocycles. The number of aromatic nitrogens is 1. The second kappa shape index (κ2) is 5.43. The first kappa shape index (κ1) is 15.9. The van der Waals surface area contributed by atoms with Crippen LogP contribution < -0.4 is 4.72 Å². The average Bonchev–Trinajstić information content (AvgIpc) is 2.55. The van der Waals surface area contributed by atoms with Gasteiger partial charge < -0.3 is 5.11 Å². The van der Waals surface area contributed by atoms with Crippen LogP contribution in [0, 0.1) is 6.92 Å². The van der Waals surface area contributed by atoms with Crippen LogP contribution in [0.4, 0.5) is 5.00 Å². The Hall–Kier alpha value is -1.20. The number of nitrogens with zero attached hydrogens (tertiary/aromatic N) is 1.